The predicted octanol–water partition coefficient (Wildman–Crippen LogP) is 0.210. The average Bonchev–Trinajstić information content (AvgIpc) is 3.22. The molecule has 11 nitrogen and oxygen atoms in total. The van der Waals surface area contributed by atoms with Crippen LogP contribution in [0.4, 0.5) is 0 Å². The Labute approximate surface area is 182 Å². The second kappa shape index (κ2) is 9.41. The van der Waals surface area contributed by atoms with Crippen molar-refractivity contribution in [1.29, 1.82) is 0 Å². The number of aromatic nitrogens is 5. The Kier molecular flexibility index (Phi) is 6.24. The average molecular weight is 437 g/mol. The molecule has 32 heavy (non-hydrogen) atoms. The van der Waals surface area contributed by atoms with Crippen molar-refractivity contribution in [2.75, 3.05) is 6.54 Å². The van der Waals surface area contributed by atoms with E-state index in [4.69, 9.17) is 0 Å². The summed E-state index contributed by atoms with van der Waals surface area (Å²) in [7, 11) is 0. The van der Waals surface area contributed by atoms with Crippen molar-refractivity contribution in [3.8, 4) is 0 Å². The summed E-state index contributed by atoms with van der Waals surface area (Å²) in [5, 5.41) is 16.3. The molecule has 0 bridgehead atoms. The van der Waals surface area contributed by atoms with Gasteiger partial charge < -0.3 is 10.6 Å². The molecule has 1 aliphatic carbocycles. The van der Waals surface area contributed by atoms with E-state index in [0.29, 0.717) is 11.6 Å². The van der Waals surface area contributed by atoms with Crippen LogP contribution in [0.1, 0.15) is 53.0 Å². The Morgan fingerprint density at radius 2 is 1.97 bits per heavy atom. The van der Waals surface area contributed by atoms with E-state index in [1.807, 2.05) is 35.3 Å². The van der Waals surface area contributed by atoms with Gasteiger partial charge in [0.1, 0.15) is 18.4 Å². The van der Waals surface area contributed by atoms with Crippen LogP contribution >= 0.6 is 0 Å². The number of nitrogens with zero attached hydrogens (tertiary/aromatic N) is 3. The number of amides is 2. The van der Waals surface area contributed by atoms with E-state index < -0.39 is 23.2 Å². The van der Waals surface area contributed by atoms with E-state index in [1.165, 1.54) is 6.42 Å². The van der Waals surface area contributed by atoms with Gasteiger partial charge in [0.2, 0.25) is 5.91 Å². The number of H-pyrrole nitrogens is 2. The fraction of sp³-hybridized carbons (Fsp3) is 0.333. The number of carbonyl (C=O) groups excluding carboxylic acids is 2. The van der Waals surface area contributed by atoms with Crippen LogP contribution in [0.15, 0.2) is 52.2 Å². The van der Waals surface area contributed by atoms with Crippen molar-refractivity contribution in [3.05, 3.63) is 80.4 Å². The first-order chi connectivity index (χ1) is 15.5. The number of aromatic amines is 2. The second-order valence-electron chi connectivity index (χ2n) is 7.67. The minimum Gasteiger partial charge on any atom is -0.352 e. The van der Waals surface area contributed by atoms with Crippen molar-refractivity contribution in [2.45, 2.75) is 37.8 Å². The van der Waals surface area contributed by atoms with Gasteiger partial charge in [0.15, 0.2) is 0 Å². The minimum atomic E-state index is -0.777. The highest BCUT2D eigenvalue weighted by Crippen LogP contribution is 2.35. The van der Waals surface area contributed by atoms with Crippen LogP contribution in [0.25, 0.3) is 0 Å². The van der Waals surface area contributed by atoms with Crippen LogP contribution in [0, 0.1) is 0 Å². The molecule has 0 spiro atoms. The Hall–Kier alpha value is -4.02. The van der Waals surface area contributed by atoms with Gasteiger partial charge in [0, 0.05) is 18.2 Å². The molecule has 4 rings (SSSR count). The molecule has 3 aromatic rings. The molecule has 1 saturated carbocycles. The SMILES string of the molecule is O=C(Cn1ncc(=O)[nH]c1=O)NCC(NC(=O)c1cc(C2CCC2)[nH]n1)c1ccccc1. The number of nitrogens with one attached hydrogen (secondary N) is 4. The molecular formula is C21H23N7O4. The molecule has 0 radical (unpaired) electrons. The summed E-state index contributed by atoms with van der Waals surface area (Å²) in [5.41, 5.74) is 0.641. The molecule has 1 unspecified atom stereocenters. The quantitative estimate of drug-likeness (QED) is 0.395. The zero-order chi connectivity index (χ0) is 22.5. The lowest BCUT2D eigenvalue weighted by molar-refractivity contribution is -0.122. The maximum atomic E-state index is 12.8. The Morgan fingerprint density at radius 1 is 1.19 bits per heavy atom. The zero-order valence-corrected chi connectivity index (χ0v) is 17.2. The molecular weight excluding hydrogens is 414 g/mol. The monoisotopic (exact) mass is 437 g/mol. The first-order valence-corrected chi connectivity index (χ1v) is 10.3. The van der Waals surface area contributed by atoms with Gasteiger partial charge in [0.05, 0.1) is 6.04 Å². The molecule has 1 fully saturated rings. The molecule has 2 amide bonds. The van der Waals surface area contributed by atoms with Gasteiger partial charge in [-0.25, -0.2) is 9.48 Å². The van der Waals surface area contributed by atoms with E-state index >= 15 is 0 Å². The van der Waals surface area contributed by atoms with Crippen LogP contribution in [-0.4, -0.2) is 43.3 Å². The summed E-state index contributed by atoms with van der Waals surface area (Å²) in [6.07, 6.45) is 4.29. The van der Waals surface area contributed by atoms with Crippen LogP contribution < -0.4 is 21.9 Å². The maximum Gasteiger partial charge on any atom is 0.345 e. The lowest BCUT2D eigenvalue weighted by Gasteiger charge is -2.23. The summed E-state index contributed by atoms with van der Waals surface area (Å²) < 4.78 is 0.846. The van der Waals surface area contributed by atoms with E-state index in [0.717, 1.165) is 35.0 Å². The van der Waals surface area contributed by atoms with Crippen LogP contribution in [0.2, 0.25) is 0 Å². The normalized spacial score (nSPS) is 14.4. The van der Waals surface area contributed by atoms with Crippen molar-refractivity contribution in [3.63, 3.8) is 0 Å². The minimum absolute atomic E-state index is 0.0899. The number of rotatable bonds is 8. The third-order valence-electron chi connectivity index (χ3n) is 5.46. The largest absolute Gasteiger partial charge is 0.352 e. The summed E-state index contributed by atoms with van der Waals surface area (Å²) in [5.74, 6) is -0.416. The molecule has 4 N–H and O–H groups in total. The zero-order valence-electron chi connectivity index (χ0n) is 17.2. The number of hydrogen-bond acceptors (Lipinski definition) is 6. The van der Waals surface area contributed by atoms with E-state index in [9.17, 15) is 19.2 Å². The van der Waals surface area contributed by atoms with Crippen LogP contribution in [0.3, 0.4) is 0 Å². The molecule has 2 aromatic heterocycles. The molecule has 1 atom stereocenters. The third kappa shape index (κ3) is 4.99. The summed E-state index contributed by atoms with van der Waals surface area (Å²) in [6, 6.07) is 10.5. The number of hydrogen-bond donors (Lipinski definition) is 4. The van der Waals surface area contributed by atoms with Gasteiger partial charge in [-0.05, 0) is 24.5 Å². The van der Waals surface area contributed by atoms with Crippen molar-refractivity contribution >= 4 is 11.8 Å². The standard InChI is InChI=1S/C21H23N7O4/c29-18-11-23-28(21(32)25-18)12-19(30)22-10-17(14-5-2-1-3-6-14)24-20(31)16-9-15(26-27-16)13-7-4-8-13/h1-3,5-6,9,11,13,17H,4,7-8,10,12H2,(H,22,30)(H,24,31)(H,26,27)(H,25,29,32). The molecule has 166 valence electrons. The van der Waals surface area contributed by atoms with Crippen molar-refractivity contribution in [2.24, 2.45) is 0 Å². The fourth-order valence-corrected chi connectivity index (χ4v) is 3.45. The van der Waals surface area contributed by atoms with Crippen LogP contribution in [0.5, 0.6) is 0 Å². The third-order valence-corrected chi connectivity index (χ3v) is 5.46. The van der Waals surface area contributed by atoms with Crippen LogP contribution in [-0.2, 0) is 11.3 Å². The lowest BCUT2D eigenvalue weighted by Crippen LogP contribution is -2.41. The van der Waals surface area contributed by atoms with Gasteiger partial charge in [-0.2, -0.15) is 10.2 Å². The Bertz CT molecular complexity index is 1210. The highest BCUT2D eigenvalue weighted by molar-refractivity contribution is 5.92. The molecule has 0 aliphatic heterocycles. The topological polar surface area (TPSA) is 155 Å². The first-order valence-electron chi connectivity index (χ1n) is 10.3. The lowest BCUT2D eigenvalue weighted by atomic mass is 9.83. The Balaban J connectivity index is 1.42. The number of carbonyl (C=O) groups is 2. The number of benzene rings is 1. The Morgan fingerprint density at radius 3 is 2.66 bits per heavy atom. The fourth-order valence-electron chi connectivity index (χ4n) is 3.45. The van der Waals surface area contributed by atoms with E-state index in [2.05, 4.69) is 25.9 Å². The molecule has 1 aromatic carbocycles. The summed E-state index contributed by atoms with van der Waals surface area (Å²) in [6.45, 7) is -0.276. The summed E-state index contributed by atoms with van der Waals surface area (Å²) in [4.78, 5) is 50.0. The summed E-state index contributed by atoms with van der Waals surface area (Å²) >= 11 is 0. The smallest absolute Gasteiger partial charge is 0.345 e. The van der Waals surface area contributed by atoms with E-state index in [-0.39, 0.29) is 19.0 Å². The van der Waals surface area contributed by atoms with Gasteiger partial charge in [-0.15, -0.1) is 0 Å². The first kappa shape index (κ1) is 21.2. The maximum absolute atomic E-state index is 12.8. The van der Waals surface area contributed by atoms with Crippen molar-refractivity contribution < 1.29 is 9.59 Å². The molecule has 0 saturated heterocycles. The highest BCUT2D eigenvalue weighted by Gasteiger charge is 2.24. The highest BCUT2D eigenvalue weighted by atomic mass is 16.2. The molecule has 11 heteroatoms. The van der Waals surface area contributed by atoms with Gasteiger partial charge in [0.25, 0.3) is 11.5 Å². The predicted molar refractivity (Wildman–Crippen MR) is 114 cm³/mol. The molecule has 2 heterocycles. The molecule has 1 aliphatic rings. The van der Waals surface area contributed by atoms with Gasteiger partial charge in [-0.3, -0.25) is 24.5 Å². The van der Waals surface area contributed by atoms with Gasteiger partial charge >= 0.3 is 5.69 Å². The van der Waals surface area contributed by atoms with Gasteiger partial charge in [-0.1, -0.05) is 36.8 Å². The van der Waals surface area contributed by atoms with E-state index in [1.54, 1.807) is 6.07 Å². The van der Waals surface area contributed by atoms with Crippen molar-refractivity contribution in [1.82, 2.24) is 35.6 Å². The second-order valence-corrected chi connectivity index (χ2v) is 7.67.